The second-order valence-corrected chi connectivity index (χ2v) is 19.0. The molecule has 0 fully saturated rings. The second kappa shape index (κ2) is 12.1. The summed E-state index contributed by atoms with van der Waals surface area (Å²) >= 11 is 0. The third kappa shape index (κ3) is 4.17. The lowest BCUT2D eigenvalue weighted by atomic mass is 9.29. The minimum absolute atomic E-state index is 0.132. The van der Waals surface area contributed by atoms with E-state index in [9.17, 15) is 0 Å². The van der Waals surface area contributed by atoms with E-state index >= 15 is 0 Å². The van der Waals surface area contributed by atoms with Gasteiger partial charge < -0.3 is 32.7 Å². The van der Waals surface area contributed by atoms with Crippen molar-refractivity contribution in [3.05, 3.63) is 188 Å². The maximum atomic E-state index is 7.38. The molecule has 5 aliphatic heterocycles. The molecule has 0 N–H and O–H groups in total. The number of furan rings is 1. The minimum atomic E-state index is -0.221. The number of hydrogen-bond donors (Lipinski definition) is 0. The van der Waals surface area contributed by atoms with Crippen LogP contribution in [0.5, 0.6) is 34.5 Å². The van der Waals surface area contributed by atoms with E-state index in [4.69, 9.17) is 18.6 Å². The van der Waals surface area contributed by atoms with Crippen LogP contribution in [0.2, 0.25) is 0 Å². The fourth-order valence-corrected chi connectivity index (χ4v) is 13.2. The van der Waals surface area contributed by atoms with Gasteiger partial charge in [0.1, 0.15) is 34.2 Å². The Balaban J connectivity index is 0.923. The van der Waals surface area contributed by atoms with Crippen molar-refractivity contribution in [2.45, 2.75) is 0 Å². The smallest absolute Gasteiger partial charge is 0.257 e. The molecule has 0 radical (unpaired) electrons. The van der Waals surface area contributed by atoms with Gasteiger partial charge >= 0.3 is 0 Å². The first-order chi connectivity index (χ1) is 34.2. The Morgan fingerprint density at radius 3 is 1.45 bits per heavy atom. The van der Waals surface area contributed by atoms with Gasteiger partial charge in [0.05, 0.1) is 33.4 Å². The van der Waals surface area contributed by atoms with Crippen LogP contribution in [-0.2, 0) is 0 Å². The number of fused-ring (bicyclic) bond motifs is 16. The van der Waals surface area contributed by atoms with Gasteiger partial charge in [-0.2, -0.15) is 0 Å². The van der Waals surface area contributed by atoms with Crippen LogP contribution in [0.15, 0.2) is 192 Å². The van der Waals surface area contributed by atoms with Crippen LogP contribution < -0.4 is 51.9 Å². The van der Waals surface area contributed by atoms with Gasteiger partial charge in [0.25, 0.3) is 13.4 Å². The number of ether oxygens (including phenoxy) is 3. The van der Waals surface area contributed by atoms with E-state index in [1.165, 1.54) is 27.0 Å². The molecule has 0 unspecified atom stereocenters. The Labute approximate surface area is 393 Å². The highest BCUT2D eigenvalue weighted by Crippen LogP contribution is 2.56. The molecule has 0 spiro atoms. The van der Waals surface area contributed by atoms with E-state index in [1.807, 2.05) is 6.07 Å². The average molecular weight is 880 g/mol. The largest absolute Gasteiger partial charge is 0.458 e. The molecule has 0 saturated carbocycles. The molecule has 18 rings (SSSR count). The van der Waals surface area contributed by atoms with Crippen molar-refractivity contribution in [2.24, 2.45) is 0 Å². The molecule has 10 aromatic carbocycles. The summed E-state index contributed by atoms with van der Waals surface area (Å²) in [6, 6.07) is 67.4. The van der Waals surface area contributed by atoms with E-state index in [1.54, 1.807) is 0 Å². The van der Waals surface area contributed by atoms with Crippen molar-refractivity contribution < 1.29 is 18.6 Å². The minimum Gasteiger partial charge on any atom is -0.458 e. The lowest BCUT2D eigenvalue weighted by Crippen LogP contribution is -2.67. The Bertz CT molecular complexity index is 4480. The van der Waals surface area contributed by atoms with Crippen molar-refractivity contribution in [1.82, 2.24) is 9.13 Å². The highest BCUT2D eigenvalue weighted by Gasteiger charge is 2.54. The van der Waals surface area contributed by atoms with Crippen LogP contribution >= 0.6 is 0 Å². The average Bonchev–Trinajstić information content (AvgIpc) is 4.05. The first-order valence-electron chi connectivity index (χ1n) is 23.6. The molecule has 0 amide bonds. The van der Waals surface area contributed by atoms with Crippen molar-refractivity contribution in [3.8, 4) is 45.9 Å². The third-order valence-corrected chi connectivity index (χ3v) is 15.8. The SMILES string of the molecule is c1cc2c3c(c1)B1c4ccc(-n5c6ccccc6c6ccccc65)cc4Oc4cc5c6c(c41)N3c1c(cc3oc4ccccc4c3c1B6c1ccc(-n3c4ccccc4c4ccccc43)cc1O5)O2. The van der Waals surface area contributed by atoms with E-state index < -0.39 is 0 Å². The van der Waals surface area contributed by atoms with Gasteiger partial charge in [-0.25, -0.2) is 0 Å². The molecule has 0 aliphatic carbocycles. The summed E-state index contributed by atoms with van der Waals surface area (Å²) in [5.74, 6) is 4.79. The number of anilines is 3. The van der Waals surface area contributed by atoms with Gasteiger partial charge in [-0.05, 0) is 81.3 Å². The molecule has 316 valence electrons. The number of rotatable bonds is 2. The van der Waals surface area contributed by atoms with Gasteiger partial charge in [-0.1, -0.05) is 115 Å². The zero-order chi connectivity index (χ0) is 44.4. The predicted molar refractivity (Wildman–Crippen MR) is 279 cm³/mol. The lowest BCUT2D eigenvalue weighted by Gasteiger charge is -2.49. The van der Waals surface area contributed by atoms with Crippen LogP contribution in [0.4, 0.5) is 17.1 Å². The van der Waals surface area contributed by atoms with E-state index in [0.29, 0.717) is 0 Å². The summed E-state index contributed by atoms with van der Waals surface area (Å²) in [5.41, 5.74) is 18.3. The number of benzene rings is 10. The Morgan fingerprint density at radius 1 is 0.319 bits per heavy atom. The van der Waals surface area contributed by atoms with E-state index in [0.717, 1.165) is 134 Å². The summed E-state index contributed by atoms with van der Waals surface area (Å²) < 4.78 is 33.3. The zero-order valence-electron chi connectivity index (χ0n) is 36.5. The predicted octanol–water partition coefficient (Wildman–Crippen LogP) is 11.2. The standard InChI is InChI=1S/C60H31B2N3O4/c1-6-18-42-34(12-1)35-13-2-7-19-43(35)63(42)32-24-26-39-48(28-32)68-51-31-52-56-60-55(51)61(39)41-17-11-23-47-58(41)65(60)59-53(67-47)30-50-54(38-16-5-10-22-46(38)66-50)57(59)62(56)40-27-25-33(29-49(40)69-52)64-44-20-8-3-14-36(44)37-15-4-9-21-45(37)64/h1-31H. The maximum absolute atomic E-state index is 7.38. The van der Waals surface area contributed by atoms with Crippen LogP contribution in [0.1, 0.15) is 0 Å². The second-order valence-electron chi connectivity index (χ2n) is 19.0. The molecule has 0 saturated heterocycles. The quantitative estimate of drug-likeness (QED) is 0.162. The summed E-state index contributed by atoms with van der Waals surface area (Å²) in [6.07, 6.45) is 0. The van der Waals surface area contributed by atoms with Crippen molar-refractivity contribution in [2.75, 3.05) is 4.90 Å². The molecular weight excluding hydrogens is 848 g/mol. The van der Waals surface area contributed by atoms with E-state index in [-0.39, 0.29) is 13.4 Å². The Hall–Kier alpha value is -9.07. The molecule has 69 heavy (non-hydrogen) atoms. The fraction of sp³-hybridized carbons (Fsp3) is 0. The van der Waals surface area contributed by atoms with Crippen LogP contribution in [-0.4, -0.2) is 22.6 Å². The van der Waals surface area contributed by atoms with Crippen LogP contribution in [0.25, 0.3) is 76.9 Å². The normalized spacial score (nSPS) is 14.1. The van der Waals surface area contributed by atoms with Crippen molar-refractivity contribution in [1.29, 1.82) is 0 Å². The molecule has 13 aromatic rings. The van der Waals surface area contributed by atoms with Crippen LogP contribution in [0.3, 0.4) is 0 Å². The van der Waals surface area contributed by atoms with Gasteiger partial charge in [-0.3, -0.25) is 0 Å². The topological polar surface area (TPSA) is 53.9 Å². The summed E-state index contributed by atoms with van der Waals surface area (Å²) in [4.78, 5) is 2.48. The lowest BCUT2D eigenvalue weighted by molar-refractivity contribution is 0.464. The highest BCUT2D eigenvalue weighted by molar-refractivity contribution is 7.04. The molecule has 0 bridgehead atoms. The molecule has 7 nitrogen and oxygen atoms in total. The Morgan fingerprint density at radius 2 is 0.841 bits per heavy atom. The molecule has 5 aliphatic rings. The summed E-state index contributed by atoms with van der Waals surface area (Å²) in [7, 11) is 0. The third-order valence-electron chi connectivity index (χ3n) is 15.8. The molecule has 3 aromatic heterocycles. The molecule has 9 heteroatoms. The number of para-hydroxylation sites is 6. The zero-order valence-corrected chi connectivity index (χ0v) is 36.5. The monoisotopic (exact) mass is 879 g/mol. The molecular formula is C60H31B2N3O4. The van der Waals surface area contributed by atoms with Crippen molar-refractivity contribution in [3.63, 3.8) is 0 Å². The van der Waals surface area contributed by atoms with E-state index in [2.05, 4.69) is 196 Å². The summed E-state index contributed by atoms with van der Waals surface area (Å²) in [6.45, 7) is -0.353. The molecule has 8 heterocycles. The first kappa shape index (κ1) is 35.2. The van der Waals surface area contributed by atoms with Crippen LogP contribution in [0, 0.1) is 0 Å². The van der Waals surface area contributed by atoms with Crippen molar-refractivity contribution >= 4 is 129 Å². The molecule has 0 atom stereocenters. The van der Waals surface area contributed by atoms with Gasteiger partial charge in [0, 0.05) is 73.6 Å². The number of aromatic nitrogens is 2. The number of hydrogen-bond acceptors (Lipinski definition) is 5. The van der Waals surface area contributed by atoms with Gasteiger partial charge in [0.2, 0.25) is 0 Å². The van der Waals surface area contributed by atoms with Gasteiger partial charge in [0.15, 0.2) is 11.5 Å². The maximum Gasteiger partial charge on any atom is 0.257 e. The summed E-state index contributed by atoms with van der Waals surface area (Å²) in [5, 5.41) is 7.04. The fourth-order valence-electron chi connectivity index (χ4n) is 13.2. The van der Waals surface area contributed by atoms with Gasteiger partial charge in [-0.15, -0.1) is 0 Å². The number of nitrogens with zero attached hydrogens (tertiary/aromatic N) is 3. The first-order valence-corrected chi connectivity index (χ1v) is 23.6. The Kier molecular flexibility index (Phi) is 6.16. The highest BCUT2D eigenvalue weighted by atomic mass is 16.5.